The number of benzene rings is 1. The number of amides is 1. The molecule has 0 bridgehead atoms. The third kappa shape index (κ3) is 6.94. The van der Waals surface area contributed by atoms with E-state index >= 15 is 0 Å². The van der Waals surface area contributed by atoms with Crippen LogP contribution < -0.4 is 15.4 Å². The highest BCUT2D eigenvalue weighted by Gasteiger charge is 2.33. The summed E-state index contributed by atoms with van der Waals surface area (Å²) in [7, 11) is -2.12. The average molecular weight is 475 g/mol. The number of carbonyl (C=O) groups excluding carboxylic acids is 1. The van der Waals surface area contributed by atoms with E-state index in [1.54, 1.807) is 0 Å². The van der Waals surface area contributed by atoms with Crippen LogP contribution >= 0.6 is 0 Å². The molecular formula is C20H21F4N3O4S. The number of nitrogens with one attached hydrogen (secondary N) is 2. The molecule has 0 unspecified atom stereocenters. The van der Waals surface area contributed by atoms with Crippen LogP contribution in [0.1, 0.15) is 28.5 Å². The van der Waals surface area contributed by atoms with E-state index in [-0.39, 0.29) is 23.4 Å². The van der Waals surface area contributed by atoms with Gasteiger partial charge in [0.2, 0.25) is 0 Å². The molecule has 1 aromatic carbocycles. The van der Waals surface area contributed by atoms with Crippen molar-refractivity contribution in [2.24, 2.45) is 0 Å². The van der Waals surface area contributed by atoms with Crippen LogP contribution in [0.3, 0.4) is 0 Å². The van der Waals surface area contributed by atoms with Crippen LogP contribution in [0.5, 0.6) is 5.75 Å². The maximum absolute atomic E-state index is 14.2. The van der Waals surface area contributed by atoms with Gasteiger partial charge in [-0.3, -0.25) is 4.79 Å². The number of rotatable bonds is 8. The topological polar surface area (TPSA) is 97.4 Å². The standard InChI is InChI=1S/C20H21F4N3O4S/c1-12(9-10-32(3,29)30)26-19(28)13-7-8-17(20(22,23)24)27-18(13)25-11-14-15(21)5-4-6-16(14)31-2/h4-10,12H,11H2,1-3H3,(H,25,27)(H,26,28)/b10-9+/t12-/m0/s1. The minimum absolute atomic E-state index is 0.0324. The van der Waals surface area contributed by atoms with Gasteiger partial charge in [0.1, 0.15) is 23.1 Å². The van der Waals surface area contributed by atoms with Gasteiger partial charge < -0.3 is 15.4 Å². The fourth-order valence-electron chi connectivity index (χ4n) is 2.60. The molecule has 2 aromatic rings. The number of aromatic nitrogens is 1. The Balaban J connectivity index is 2.35. The molecule has 0 aliphatic heterocycles. The minimum Gasteiger partial charge on any atom is -0.496 e. The van der Waals surface area contributed by atoms with Crippen LogP contribution in [0.2, 0.25) is 0 Å². The summed E-state index contributed by atoms with van der Waals surface area (Å²) in [5, 5.41) is 5.91. The van der Waals surface area contributed by atoms with Crippen LogP contribution in [-0.2, 0) is 22.6 Å². The van der Waals surface area contributed by atoms with Gasteiger partial charge in [-0.05, 0) is 31.2 Å². The van der Waals surface area contributed by atoms with E-state index < -0.39 is 45.3 Å². The normalized spacial score (nSPS) is 13.1. The Labute approximate surface area is 182 Å². The summed E-state index contributed by atoms with van der Waals surface area (Å²) in [4.78, 5) is 16.1. The monoisotopic (exact) mass is 475 g/mol. The van der Waals surface area contributed by atoms with E-state index in [9.17, 15) is 30.8 Å². The molecule has 0 radical (unpaired) electrons. The molecule has 7 nitrogen and oxygen atoms in total. The first-order valence-electron chi connectivity index (χ1n) is 9.14. The van der Waals surface area contributed by atoms with Crippen molar-refractivity contribution in [2.75, 3.05) is 18.7 Å². The highest BCUT2D eigenvalue weighted by atomic mass is 32.2. The first-order valence-corrected chi connectivity index (χ1v) is 11.1. The van der Waals surface area contributed by atoms with E-state index in [1.165, 1.54) is 32.2 Å². The van der Waals surface area contributed by atoms with Crippen molar-refractivity contribution in [1.82, 2.24) is 10.3 Å². The lowest BCUT2D eigenvalue weighted by Gasteiger charge is -2.16. The average Bonchev–Trinajstić information content (AvgIpc) is 2.69. The van der Waals surface area contributed by atoms with Crippen molar-refractivity contribution in [3.63, 3.8) is 0 Å². The molecule has 32 heavy (non-hydrogen) atoms. The van der Waals surface area contributed by atoms with Gasteiger partial charge in [0.25, 0.3) is 5.91 Å². The van der Waals surface area contributed by atoms with Crippen LogP contribution in [0, 0.1) is 5.82 Å². The van der Waals surface area contributed by atoms with Gasteiger partial charge in [-0.2, -0.15) is 13.2 Å². The number of ether oxygens (including phenoxy) is 1. The molecule has 1 heterocycles. The molecule has 0 saturated carbocycles. The molecule has 12 heteroatoms. The molecule has 2 N–H and O–H groups in total. The summed E-state index contributed by atoms with van der Waals surface area (Å²) in [6.45, 7) is 1.17. The SMILES string of the molecule is COc1cccc(F)c1CNc1nc(C(F)(F)F)ccc1C(=O)N[C@@H](C)/C=C/S(C)(=O)=O. The van der Waals surface area contributed by atoms with Crippen molar-refractivity contribution >= 4 is 21.6 Å². The molecule has 174 valence electrons. The van der Waals surface area contributed by atoms with E-state index in [0.29, 0.717) is 6.07 Å². The number of sulfone groups is 1. The Morgan fingerprint density at radius 1 is 1.25 bits per heavy atom. The fourth-order valence-corrected chi connectivity index (χ4v) is 3.12. The summed E-state index contributed by atoms with van der Waals surface area (Å²) in [6, 6.07) is 4.86. The number of hydrogen-bond acceptors (Lipinski definition) is 6. The second-order valence-corrected chi connectivity index (χ2v) is 8.72. The number of halogens is 4. The van der Waals surface area contributed by atoms with E-state index in [0.717, 1.165) is 23.8 Å². The lowest BCUT2D eigenvalue weighted by Crippen LogP contribution is -2.32. The minimum atomic E-state index is -4.77. The third-order valence-electron chi connectivity index (χ3n) is 4.13. The van der Waals surface area contributed by atoms with E-state index in [2.05, 4.69) is 15.6 Å². The zero-order chi connectivity index (χ0) is 24.1. The predicted octanol–water partition coefficient (Wildman–Crippen LogP) is 3.54. The quantitative estimate of drug-likeness (QED) is 0.567. The Morgan fingerprint density at radius 3 is 2.53 bits per heavy atom. The first-order chi connectivity index (χ1) is 14.8. The molecule has 1 amide bonds. The van der Waals surface area contributed by atoms with Crippen molar-refractivity contribution in [1.29, 1.82) is 0 Å². The number of nitrogens with zero attached hydrogens (tertiary/aromatic N) is 1. The zero-order valence-electron chi connectivity index (χ0n) is 17.3. The first kappa shape index (κ1) is 25.1. The van der Waals surface area contributed by atoms with Crippen molar-refractivity contribution in [2.45, 2.75) is 25.7 Å². The Bertz CT molecular complexity index is 1120. The van der Waals surface area contributed by atoms with E-state index in [4.69, 9.17) is 4.74 Å². The molecular weight excluding hydrogens is 454 g/mol. The third-order valence-corrected chi connectivity index (χ3v) is 4.78. The van der Waals surface area contributed by atoms with Crippen LogP contribution in [0.4, 0.5) is 23.4 Å². The molecule has 1 aromatic heterocycles. The van der Waals surface area contributed by atoms with Crippen LogP contribution in [0.25, 0.3) is 0 Å². The summed E-state index contributed by atoms with van der Waals surface area (Å²) < 4.78 is 81.0. The number of hydrogen-bond donors (Lipinski definition) is 2. The second kappa shape index (κ2) is 9.98. The summed E-state index contributed by atoms with van der Waals surface area (Å²) in [5.41, 5.74) is -1.46. The molecule has 1 atom stereocenters. The molecule has 0 spiro atoms. The zero-order valence-corrected chi connectivity index (χ0v) is 18.1. The highest BCUT2D eigenvalue weighted by Crippen LogP contribution is 2.30. The lowest BCUT2D eigenvalue weighted by atomic mass is 10.1. The van der Waals surface area contributed by atoms with Crippen LogP contribution in [0.15, 0.2) is 41.8 Å². The van der Waals surface area contributed by atoms with E-state index in [1.807, 2.05) is 0 Å². The number of alkyl halides is 3. The Morgan fingerprint density at radius 2 is 1.94 bits per heavy atom. The predicted molar refractivity (Wildman–Crippen MR) is 110 cm³/mol. The molecule has 0 saturated heterocycles. The largest absolute Gasteiger partial charge is 0.496 e. The van der Waals surface area contributed by atoms with Gasteiger partial charge in [0, 0.05) is 29.8 Å². The number of anilines is 1. The van der Waals surface area contributed by atoms with Gasteiger partial charge in [0.05, 0.1) is 12.7 Å². The Hall–Kier alpha value is -3.15. The van der Waals surface area contributed by atoms with Gasteiger partial charge in [0.15, 0.2) is 9.84 Å². The maximum atomic E-state index is 14.2. The number of methoxy groups -OCH3 is 1. The van der Waals surface area contributed by atoms with Crippen molar-refractivity contribution in [3.05, 3.63) is 64.5 Å². The molecule has 0 aliphatic rings. The lowest BCUT2D eigenvalue weighted by molar-refractivity contribution is -0.141. The van der Waals surface area contributed by atoms with Gasteiger partial charge in [-0.1, -0.05) is 12.1 Å². The van der Waals surface area contributed by atoms with Crippen molar-refractivity contribution < 1.29 is 35.5 Å². The molecule has 0 aliphatic carbocycles. The fraction of sp³-hybridized carbons (Fsp3) is 0.300. The summed E-state index contributed by atoms with van der Waals surface area (Å²) >= 11 is 0. The van der Waals surface area contributed by atoms with Gasteiger partial charge in [-0.25, -0.2) is 17.8 Å². The highest BCUT2D eigenvalue weighted by molar-refractivity contribution is 7.93. The molecule has 2 rings (SSSR count). The Kier molecular flexibility index (Phi) is 7.83. The summed E-state index contributed by atoms with van der Waals surface area (Å²) in [6.07, 6.45) is -2.59. The van der Waals surface area contributed by atoms with Gasteiger partial charge >= 0.3 is 6.18 Å². The van der Waals surface area contributed by atoms with Crippen molar-refractivity contribution in [3.8, 4) is 5.75 Å². The van der Waals surface area contributed by atoms with Crippen LogP contribution in [-0.4, -0.2) is 38.7 Å². The summed E-state index contributed by atoms with van der Waals surface area (Å²) in [5.74, 6) is -1.73. The number of carbonyl (C=O) groups is 1. The van der Waals surface area contributed by atoms with Gasteiger partial charge in [-0.15, -0.1) is 0 Å². The maximum Gasteiger partial charge on any atom is 0.433 e. The molecule has 0 fully saturated rings. The second-order valence-electron chi connectivity index (χ2n) is 6.78. The number of pyridine rings is 1. The smallest absolute Gasteiger partial charge is 0.433 e.